The summed E-state index contributed by atoms with van der Waals surface area (Å²) >= 11 is 6.02. The van der Waals surface area contributed by atoms with E-state index in [0.29, 0.717) is 60.1 Å². The van der Waals surface area contributed by atoms with E-state index in [1.807, 2.05) is 11.6 Å². The largest absolute Gasteiger partial charge is 0.496 e. The number of fused-ring (bicyclic) bond motifs is 1. The zero-order chi connectivity index (χ0) is 24.9. The van der Waals surface area contributed by atoms with Crippen molar-refractivity contribution in [1.29, 1.82) is 0 Å². The van der Waals surface area contributed by atoms with E-state index in [1.165, 1.54) is 14.2 Å². The number of hydrogen-bond acceptors (Lipinski definition) is 6. The van der Waals surface area contributed by atoms with E-state index in [9.17, 15) is 18.0 Å². The van der Waals surface area contributed by atoms with Gasteiger partial charge in [0.1, 0.15) is 11.5 Å². The van der Waals surface area contributed by atoms with Gasteiger partial charge in [-0.3, -0.25) is 4.79 Å². The van der Waals surface area contributed by atoms with Crippen LogP contribution in [0.2, 0.25) is 5.02 Å². The van der Waals surface area contributed by atoms with E-state index in [0.717, 1.165) is 5.56 Å². The SMILES string of the molecule is CCc1cc2c(cc1S(=O)(=O)NC(=O)NC)C(CCNC(=O)c1cc(Cl)ccc1OC)CCO2. The summed E-state index contributed by atoms with van der Waals surface area (Å²) in [5, 5.41) is 5.56. The monoisotopic (exact) mass is 509 g/mol. The molecule has 0 saturated heterocycles. The fourth-order valence-corrected chi connectivity index (χ4v) is 5.35. The molecule has 2 aromatic carbocycles. The number of ether oxygens (including phenoxy) is 2. The van der Waals surface area contributed by atoms with Gasteiger partial charge in [0, 0.05) is 18.6 Å². The number of sulfonamides is 1. The van der Waals surface area contributed by atoms with E-state index < -0.39 is 16.1 Å². The second-order valence-corrected chi connectivity index (χ2v) is 9.85. The van der Waals surface area contributed by atoms with Crippen LogP contribution in [0.25, 0.3) is 0 Å². The lowest BCUT2D eigenvalue weighted by Crippen LogP contribution is -2.37. The fraction of sp³-hybridized carbons (Fsp3) is 0.391. The molecule has 0 radical (unpaired) electrons. The van der Waals surface area contributed by atoms with Crippen LogP contribution in [0.15, 0.2) is 35.2 Å². The molecule has 1 unspecified atom stereocenters. The Hall–Kier alpha value is -2.98. The van der Waals surface area contributed by atoms with Crippen LogP contribution in [0.5, 0.6) is 11.5 Å². The first-order valence-electron chi connectivity index (χ1n) is 10.9. The van der Waals surface area contributed by atoms with E-state index in [2.05, 4.69) is 10.6 Å². The van der Waals surface area contributed by atoms with Crippen molar-refractivity contribution in [1.82, 2.24) is 15.4 Å². The van der Waals surface area contributed by atoms with Gasteiger partial charge in [-0.25, -0.2) is 17.9 Å². The van der Waals surface area contributed by atoms with E-state index in [1.54, 1.807) is 30.3 Å². The van der Waals surface area contributed by atoms with E-state index >= 15 is 0 Å². The molecule has 34 heavy (non-hydrogen) atoms. The molecule has 184 valence electrons. The van der Waals surface area contributed by atoms with Crippen LogP contribution >= 0.6 is 11.6 Å². The average Bonchev–Trinajstić information content (AvgIpc) is 2.82. The molecule has 3 N–H and O–H groups in total. The molecule has 0 saturated carbocycles. The van der Waals surface area contributed by atoms with Crippen LogP contribution < -0.4 is 24.8 Å². The number of methoxy groups -OCH3 is 1. The minimum Gasteiger partial charge on any atom is -0.496 e. The van der Waals surface area contributed by atoms with E-state index in [4.69, 9.17) is 21.1 Å². The van der Waals surface area contributed by atoms with Crippen LogP contribution in [0.3, 0.4) is 0 Å². The van der Waals surface area contributed by atoms with Gasteiger partial charge in [-0.15, -0.1) is 0 Å². The molecular weight excluding hydrogens is 482 g/mol. The van der Waals surface area contributed by atoms with Gasteiger partial charge < -0.3 is 20.1 Å². The van der Waals surface area contributed by atoms with Crippen LogP contribution in [0.4, 0.5) is 4.79 Å². The molecule has 1 atom stereocenters. The predicted octanol–water partition coefficient (Wildman–Crippen LogP) is 3.21. The number of hydrogen-bond donors (Lipinski definition) is 3. The summed E-state index contributed by atoms with van der Waals surface area (Å²) in [5.41, 5.74) is 1.62. The normalized spacial score (nSPS) is 15.0. The minimum absolute atomic E-state index is 0.0369. The third-order valence-corrected chi connectivity index (χ3v) is 7.31. The molecule has 0 spiro atoms. The third-order valence-electron chi connectivity index (χ3n) is 5.67. The quantitative estimate of drug-likeness (QED) is 0.502. The standard InChI is InChI=1S/C23H28ClN3O6S/c1-4-14-11-20-17(13-21(14)34(30,31)27-23(29)25-2)15(8-10-33-20)7-9-26-22(28)18-12-16(24)5-6-19(18)32-3/h5-6,11-13,15H,4,7-10H2,1-3H3,(H,26,28)(H2,25,27,29). The van der Waals surface area contributed by atoms with Crippen molar-refractivity contribution in [2.75, 3.05) is 27.3 Å². The molecular formula is C23H28ClN3O6S. The Morgan fingerprint density at radius 2 is 2.00 bits per heavy atom. The molecule has 0 fully saturated rings. The number of carbonyl (C=O) groups excluding carboxylic acids is 2. The molecule has 0 aromatic heterocycles. The Morgan fingerprint density at radius 3 is 2.68 bits per heavy atom. The number of rotatable bonds is 8. The average molecular weight is 510 g/mol. The third kappa shape index (κ3) is 5.74. The van der Waals surface area contributed by atoms with Gasteiger partial charge >= 0.3 is 6.03 Å². The topological polar surface area (TPSA) is 123 Å². The van der Waals surface area contributed by atoms with Gasteiger partial charge in [-0.2, -0.15) is 0 Å². The zero-order valence-corrected chi connectivity index (χ0v) is 20.8. The van der Waals surface area contributed by atoms with Crippen molar-refractivity contribution in [3.63, 3.8) is 0 Å². The number of aryl methyl sites for hydroxylation is 1. The number of nitrogens with one attached hydrogen (secondary N) is 3. The minimum atomic E-state index is -4.07. The summed E-state index contributed by atoms with van der Waals surface area (Å²) in [6.45, 7) is 2.67. The number of benzene rings is 2. The van der Waals surface area contributed by atoms with Gasteiger partial charge in [0.25, 0.3) is 15.9 Å². The molecule has 3 rings (SSSR count). The van der Waals surface area contributed by atoms with Gasteiger partial charge in [0.2, 0.25) is 0 Å². The first-order chi connectivity index (χ1) is 16.2. The Balaban J connectivity index is 1.80. The van der Waals surface area contributed by atoms with Gasteiger partial charge in [0.15, 0.2) is 0 Å². The van der Waals surface area contributed by atoms with Crippen molar-refractivity contribution in [2.45, 2.75) is 37.0 Å². The predicted molar refractivity (Wildman–Crippen MR) is 128 cm³/mol. The second kappa shape index (κ2) is 11.0. The van der Waals surface area contributed by atoms with Crippen molar-refractivity contribution >= 4 is 33.6 Å². The second-order valence-electron chi connectivity index (χ2n) is 7.76. The smallest absolute Gasteiger partial charge is 0.328 e. The Morgan fingerprint density at radius 1 is 1.24 bits per heavy atom. The zero-order valence-electron chi connectivity index (χ0n) is 19.2. The molecule has 0 aliphatic carbocycles. The maximum Gasteiger partial charge on any atom is 0.328 e. The summed E-state index contributed by atoms with van der Waals surface area (Å²) in [7, 11) is -1.24. The maximum atomic E-state index is 12.8. The number of carbonyl (C=O) groups is 2. The van der Waals surface area contributed by atoms with Gasteiger partial charge in [-0.1, -0.05) is 18.5 Å². The maximum absolute atomic E-state index is 12.8. The van der Waals surface area contributed by atoms with Gasteiger partial charge in [-0.05, 0) is 66.6 Å². The molecule has 11 heteroatoms. The summed E-state index contributed by atoms with van der Waals surface area (Å²) in [6.07, 6.45) is 1.68. The Labute approximate surface area is 204 Å². The lowest BCUT2D eigenvalue weighted by Gasteiger charge is -2.27. The highest BCUT2D eigenvalue weighted by molar-refractivity contribution is 7.90. The van der Waals surface area contributed by atoms with Crippen molar-refractivity contribution in [3.05, 3.63) is 52.0 Å². The van der Waals surface area contributed by atoms with Crippen LogP contribution in [0.1, 0.15) is 47.2 Å². The molecule has 9 nitrogen and oxygen atoms in total. The Kier molecular flexibility index (Phi) is 8.27. The molecule has 1 aliphatic rings. The van der Waals surface area contributed by atoms with Crippen molar-refractivity contribution < 1.29 is 27.5 Å². The van der Waals surface area contributed by atoms with Crippen LogP contribution in [0, 0.1) is 0 Å². The number of amides is 3. The highest BCUT2D eigenvalue weighted by Gasteiger charge is 2.28. The first-order valence-corrected chi connectivity index (χ1v) is 12.7. The number of urea groups is 1. The highest BCUT2D eigenvalue weighted by atomic mass is 35.5. The fourth-order valence-electron chi connectivity index (χ4n) is 3.90. The van der Waals surface area contributed by atoms with Gasteiger partial charge in [0.05, 0.1) is 24.2 Å². The first kappa shape index (κ1) is 25.6. The Bertz CT molecular complexity index is 1190. The van der Waals surface area contributed by atoms with E-state index in [-0.39, 0.29) is 16.7 Å². The molecule has 3 amide bonds. The number of halogens is 1. The van der Waals surface area contributed by atoms with Crippen LogP contribution in [-0.4, -0.2) is 47.7 Å². The summed E-state index contributed by atoms with van der Waals surface area (Å²) < 4.78 is 38.7. The molecule has 1 aliphatic heterocycles. The summed E-state index contributed by atoms with van der Waals surface area (Å²) in [6, 6.07) is 7.30. The highest BCUT2D eigenvalue weighted by Crippen LogP contribution is 2.39. The van der Waals surface area contributed by atoms with Crippen molar-refractivity contribution in [2.24, 2.45) is 0 Å². The molecule has 0 bridgehead atoms. The molecule has 1 heterocycles. The lowest BCUT2D eigenvalue weighted by atomic mass is 9.89. The lowest BCUT2D eigenvalue weighted by molar-refractivity contribution is 0.0948. The van der Waals surface area contributed by atoms with Crippen molar-refractivity contribution in [3.8, 4) is 11.5 Å². The van der Waals surface area contributed by atoms with Crippen LogP contribution in [-0.2, 0) is 16.4 Å². The summed E-state index contributed by atoms with van der Waals surface area (Å²) in [5.74, 6) is 0.690. The molecule has 2 aromatic rings. The summed E-state index contributed by atoms with van der Waals surface area (Å²) in [4.78, 5) is 24.4.